The van der Waals surface area contributed by atoms with E-state index in [1.54, 1.807) is 55.8 Å². The van der Waals surface area contributed by atoms with Crippen LogP contribution in [0.2, 0.25) is 5.02 Å². The van der Waals surface area contributed by atoms with Crippen molar-refractivity contribution in [1.82, 2.24) is 4.98 Å². The lowest BCUT2D eigenvalue weighted by Crippen LogP contribution is -2.12. The van der Waals surface area contributed by atoms with Crippen molar-refractivity contribution in [2.24, 2.45) is 0 Å². The van der Waals surface area contributed by atoms with Crippen molar-refractivity contribution in [3.05, 3.63) is 71.4 Å². The Bertz CT molecular complexity index is 945. The third kappa shape index (κ3) is 4.68. The molecule has 1 aromatic heterocycles. The SMILES string of the molecule is COc1ccc(C(=O)Nc2ccc(Nc3cccc(Cl)c3)nc2)cc1OC. The van der Waals surface area contributed by atoms with Crippen LogP contribution in [0.4, 0.5) is 17.2 Å². The number of carbonyl (C=O) groups is 1. The molecule has 0 aliphatic heterocycles. The maximum absolute atomic E-state index is 12.4. The number of anilines is 3. The van der Waals surface area contributed by atoms with Crippen molar-refractivity contribution in [1.29, 1.82) is 0 Å². The Morgan fingerprint density at radius 3 is 2.44 bits per heavy atom. The summed E-state index contributed by atoms with van der Waals surface area (Å²) in [6.45, 7) is 0. The average molecular weight is 384 g/mol. The van der Waals surface area contributed by atoms with E-state index < -0.39 is 0 Å². The fourth-order valence-electron chi connectivity index (χ4n) is 2.44. The first-order valence-corrected chi connectivity index (χ1v) is 8.49. The quantitative estimate of drug-likeness (QED) is 0.642. The number of benzene rings is 2. The first-order chi connectivity index (χ1) is 13.1. The number of rotatable bonds is 6. The molecule has 0 saturated carbocycles. The molecule has 0 saturated heterocycles. The summed E-state index contributed by atoms with van der Waals surface area (Å²) in [5.41, 5.74) is 1.86. The number of halogens is 1. The highest BCUT2D eigenvalue weighted by Crippen LogP contribution is 2.28. The summed E-state index contributed by atoms with van der Waals surface area (Å²) in [7, 11) is 3.07. The summed E-state index contributed by atoms with van der Waals surface area (Å²) in [6.07, 6.45) is 1.57. The molecule has 0 bridgehead atoms. The first-order valence-electron chi connectivity index (χ1n) is 8.11. The van der Waals surface area contributed by atoms with E-state index in [1.807, 2.05) is 12.1 Å². The molecule has 2 N–H and O–H groups in total. The first kappa shape index (κ1) is 18.5. The number of nitrogens with zero attached hydrogens (tertiary/aromatic N) is 1. The molecule has 0 unspecified atom stereocenters. The van der Waals surface area contributed by atoms with Gasteiger partial charge in [-0.1, -0.05) is 17.7 Å². The van der Waals surface area contributed by atoms with Gasteiger partial charge in [-0.2, -0.15) is 0 Å². The molecule has 3 rings (SSSR count). The maximum Gasteiger partial charge on any atom is 0.255 e. The van der Waals surface area contributed by atoms with Gasteiger partial charge in [0.05, 0.1) is 26.1 Å². The molecule has 2 aromatic carbocycles. The van der Waals surface area contributed by atoms with E-state index in [-0.39, 0.29) is 5.91 Å². The van der Waals surface area contributed by atoms with Crippen LogP contribution >= 0.6 is 11.6 Å². The van der Waals surface area contributed by atoms with E-state index in [4.69, 9.17) is 21.1 Å². The number of hydrogen-bond acceptors (Lipinski definition) is 5. The minimum atomic E-state index is -0.270. The largest absolute Gasteiger partial charge is 0.493 e. The van der Waals surface area contributed by atoms with Gasteiger partial charge in [-0.3, -0.25) is 4.79 Å². The van der Waals surface area contributed by atoms with Gasteiger partial charge in [0.15, 0.2) is 11.5 Å². The van der Waals surface area contributed by atoms with E-state index in [2.05, 4.69) is 15.6 Å². The summed E-state index contributed by atoms with van der Waals surface area (Å²) in [4.78, 5) is 16.7. The zero-order chi connectivity index (χ0) is 19.2. The van der Waals surface area contributed by atoms with Gasteiger partial charge < -0.3 is 20.1 Å². The number of ether oxygens (including phenoxy) is 2. The molecule has 0 aliphatic rings. The maximum atomic E-state index is 12.4. The normalized spacial score (nSPS) is 10.2. The zero-order valence-corrected chi connectivity index (χ0v) is 15.6. The Hall–Kier alpha value is -3.25. The van der Waals surface area contributed by atoms with E-state index in [9.17, 15) is 4.79 Å². The van der Waals surface area contributed by atoms with Crippen LogP contribution in [0.1, 0.15) is 10.4 Å². The lowest BCUT2D eigenvalue weighted by molar-refractivity contribution is 0.102. The van der Waals surface area contributed by atoms with E-state index in [1.165, 1.54) is 7.11 Å². The van der Waals surface area contributed by atoms with E-state index >= 15 is 0 Å². The third-order valence-corrected chi connectivity index (χ3v) is 4.00. The lowest BCUT2D eigenvalue weighted by Gasteiger charge is -2.10. The zero-order valence-electron chi connectivity index (χ0n) is 14.8. The molecule has 0 spiro atoms. The fourth-order valence-corrected chi connectivity index (χ4v) is 2.63. The van der Waals surface area contributed by atoms with Gasteiger partial charge in [-0.25, -0.2) is 4.98 Å². The highest BCUT2D eigenvalue weighted by molar-refractivity contribution is 6.30. The molecule has 0 radical (unpaired) electrons. The molecule has 7 heteroatoms. The van der Waals surface area contributed by atoms with Crippen LogP contribution < -0.4 is 20.1 Å². The standard InChI is InChI=1S/C20H18ClN3O3/c1-26-17-8-6-13(10-18(17)27-2)20(25)24-16-7-9-19(22-12-16)23-15-5-3-4-14(21)11-15/h3-12H,1-2H3,(H,22,23)(H,24,25). The summed E-state index contributed by atoms with van der Waals surface area (Å²) < 4.78 is 10.4. The van der Waals surface area contributed by atoms with Crippen LogP contribution in [-0.4, -0.2) is 25.1 Å². The average Bonchev–Trinajstić information content (AvgIpc) is 2.69. The molecule has 6 nitrogen and oxygen atoms in total. The Balaban J connectivity index is 1.68. The summed E-state index contributed by atoms with van der Waals surface area (Å²) in [6, 6.07) is 15.8. The second-order valence-corrected chi connectivity index (χ2v) is 6.03. The van der Waals surface area contributed by atoms with E-state index in [0.29, 0.717) is 33.6 Å². The van der Waals surface area contributed by atoms with Crippen molar-refractivity contribution >= 4 is 34.7 Å². The van der Waals surface area contributed by atoms with Crippen molar-refractivity contribution in [2.75, 3.05) is 24.9 Å². The minimum absolute atomic E-state index is 0.270. The molecular formula is C20H18ClN3O3. The number of pyridine rings is 1. The highest BCUT2D eigenvalue weighted by Gasteiger charge is 2.11. The van der Waals surface area contributed by atoms with Gasteiger partial charge in [0, 0.05) is 16.3 Å². The number of methoxy groups -OCH3 is 2. The van der Waals surface area contributed by atoms with E-state index in [0.717, 1.165) is 5.69 Å². The molecule has 0 atom stereocenters. The van der Waals surface area contributed by atoms with Gasteiger partial charge in [-0.15, -0.1) is 0 Å². The van der Waals surface area contributed by atoms with Crippen LogP contribution in [-0.2, 0) is 0 Å². The third-order valence-electron chi connectivity index (χ3n) is 3.76. The van der Waals surface area contributed by atoms with Crippen molar-refractivity contribution < 1.29 is 14.3 Å². The van der Waals surface area contributed by atoms with Crippen molar-refractivity contribution in [3.8, 4) is 11.5 Å². The molecule has 0 aliphatic carbocycles. The van der Waals surface area contributed by atoms with Gasteiger partial charge in [0.2, 0.25) is 0 Å². The monoisotopic (exact) mass is 383 g/mol. The predicted octanol–water partition coefficient (Wildman–Crippen LogP) is 4.75. The van der Waals surface area contributed by atoms with Crippen molar-refractivity contribution in [2.45, 2.75) is 0 Å². The fraction of sp³-hybridized carbons (Fsp3) is 0.100. The van der Waals surface area contributed by atoms with Crippen LogP contribution in [0.3, 0.4) is 0 Å². The molecule has 27 heavy (non-hydrogen) atoms. The Morgan fingerprint density at radius 2 is 1.78 bits per heavy atom. The van der Waals surface area contributed by atoms with Gasteiger partial charge in [-0.05, 0) is 48.5 Å². The Morgan fingerprint density at radius 1 is 0.963 bits per heavy atom. The molecule has 1 heterocycles. The minimum Gasteiger partial charge on any atom is -0.493 e. The van der Waals surface area contributed by atoms with Crippen LogP contribution in [0.15, 0.2) is 60.8 Å². The number of hydrogen-bond donors (Lipinski definition) is 2. The highest BCUT2D eigenvalue weighted by atomic mass is 35.5. The van der Waals surface area contributed by atoms with Gasteiger partial charge in [0.25, 0.3) is 5.91 Å². The number of amides is 1. The number of nitrogens with one attached hydrogen (secondary N) is 2. The molecular weight excluding hydrogens is 366 g/mol. The van der Waals surface area contributed by atoms with Gasteiger partial charge >= 0.3 is 0 Å². The summed E-state index contributed by atoms with van der Waals surface area (Å²) in [5.74, 6) is 1.42. The Labute approximate surface area is 162 Å². The number of carbonyl (C=O) groups excluding carboxylic acids is 1. The van der Waals surface area contributed by atoms with Crippen LogP contribution in [0, 0.1) is 0 Å². The molecule has 3 aromatic rings. The Kier molecular flexibility index (Phi) is 5.78. The molecule has 138 valence electrons. The number of aromatic nitrogens is 1. The summed E-state index contributed by atoms with van der Waals surface area (Å²) in [5, 5.41) is 6.58. The molecule has 0 fully saturated rings. The van der Waals surface area contributed by atoms with Gasteiger partial charge in [0.1, 0.15) is 5.82 Å². The van der Waals surface area contributed by atoms with Crippen molar-refractivity contribution in [3.63, 3.8) is 0 Å². The van der Waals surface area contributed by atoms with Crippen LogP contribution in [0.25, 0.3) is 0 Å². The predicted molar refractivity (Wildman–Crippen MR) is 106 cm³/mol. The topological polar surface area (TPSA) is 72.5 Å². The summed E-state index contributed by atoms with van der Waals surface area (Å²) >= 11 is 5.97. The lowest BCUT2D eigenvalue weighted by atomic mass is 10.2. The second kappa shape index (κ2) is 8.42. The smallest absolute Gasteiger partial charge is 0.255 e. The molecule has 1 amide bonds. The second-order valence-electron chi connectivity index (χ2n) is 5.59. The van der Waals surface area contributed by atoms with Crippen LogP contribution in [0.5, 0.6) is 11.5 Å².